The molecule has 1 aliphatic rings. The van der Waals surface area contributed by atoms with Gasteiger partial charge in [-0.25, -0.2) is 8.78 Å². The highest BCUT2D eigenvalue weighted by Crippen LogP contribution is 2.25. The van der Waals surface area contributed by atoms with Gasteiger partial charge in [0.15, 0.2) is 11.6 Å². The van der Waals surface area contributed by atoms with Crippen LogP contribution in [0.15, 0.2) is 12.1 Å². The molecule has 2 amide bonds. The highest BCUT2D eigenvalue weighted by Gasteiger charge is 2.36. The summed E-state index contributed by atoms with van der Waals surface area (Å²) < 4.78 is 26.0. The third-order valence-electron chi connectivity index (χ3n) is 2.78. The molecule has 1 N–H and O–H groups in total. The van der Waals surface area contributed by atoms with E-state index in [4.69, 9.17) is 5.11 Å². The van der Waals surface area contributed by atoms with E-state index in [-0.39, 0.29) is 30.5 Å². The Bertz CT molecular complexity index is 544. The molecule has 1 aliphatic heterocycles. The van der Waals surface area contributed by atoms with E-state index in [0.717, 1.165) is 4.90 Å². The lowest BCUT2D eigenvalue weighted by Crippen LogP contribution is -2.31. The van der Waals surface area contributed by atoms with E-state index < -0.39 is 29.4 Å². The summed E-state index contributed by atoms with van der Waals surface area (Å²) in [7, 11) is 0. The van der Waals surface area contributed by atoms with Gasteiger partial charge in [-0.3, -0.25) is 19.3 Å². The third-order valence-corrected chi connectivity index (χ3v) is 2.78. The first-order valence-electron chi connectivity index (χ1n) is 5.49. The number of hydrogen-bond acceptors (Lipinski definition) is 3. The molecule has 1 heterocycles. The van der Waals surface area contributed by atoms with E-state index in [9.17, 15) is 23.2 Å². The van der Waals surface area contributed by atoms with Crippen molar-refractivity contribution in [3.63, 3.8) is 0 Å². The fraction of sp³-hybridized carbons (Fsp3) is 0.250. The molecule has 19 heavy (non-hydrogen) atoms. The Balaban J connectivity index is 2.22. The van der Waals surface area contributed by atoms with Gasteiger partial charge in [0.1, 0.15) is 0 Å². The summed E-state index contributed by atoms with van der Waals surface area (Å²) in [5, 5.41) is 8.48. The molecule has 0 atom stereocenters. The smallest absolute Gasteiger partial charge is 0.303 e. The molecule has 5 nitrogen and oxygen atoms in total. The number of hydrogen-bond donors (Lipinski definition) is 1. The van der Waals surface area contributed by atoms with Gasteiger partial charge in [0.05, 0.1) is 11.1 Å². The average molecular weight is 269 g/mol. The molecule has 0 fully saturated rings. The van der Waals surface area contributed by atoms with Gasteiger partial charge in [-0.15, -0.1) is 0 Å². The lowest BCUT2D eigenvalue weighted by Gasteiger charge is -2.12. The van der Waals surface area contributed by atoms with Crippen molar-refractivity contribution >= 4 is 17.8 Å². The lowest BCUT2D eigenvalue weighted by molar-refractivity contribution is -0.137. The standard InChI is InChI=1S/C12H9F2NO4/c13-8-4-6-7(5-9(8)14)12(19)15(11(6)18)3-1-2-10(16)17/h4-5H,1-3H2,(H,16,17). The lowest BCUT2D eigenvalue weighted by atomic mass is 10.1. The molecule has 0 radical (unpaired) electrons. The van der Waals surface area contributed by atoms with Crippen LogP contribution in [0.5, 0.6) is 0 Å². The number of aliphatic carboxylic acids is 1. The van der Waals surface area contributed by atoms with Crippen molar-refractivity contribution in [2.24, 2.45) is 0 Å². The fourth-order valence-electron chi connectivity index (χ4n) is 1.88. The predicted molar refractivity (Wildman–Crippen MR) is 58.6 cm³/mol. The van der Waals surface area contributed by atoms with Crippen LogP contribution in [0.4, 0.5) is 8.78 Å². The Kier molecular flexibility index (Phi) is 3.28. The van der Waals surface area contributed by atoms with Gasteiger partial charge in [0.2, 0.25) is 0 Å². The first kappa shape index (κ1) is 13.1. The van der Waals surface area contributed by atoms with Crippen LogP contribution in [-0.4, -0.2) is 34.3 Å². The number of carbonyl (C=O) groups is 3. The van der Waals surface area contributed by atoms with Crippen molar-refractivity contribution < 1.29 is 28.3 Å². The number of rotatable bonds is 4. The Morgan fingerprint density at radius 3 is 2.00 bits per heavy atom. The Morgan fingerprint density at radius 2 is 1.58 bits per heavy atom. The molecule has 0 saturated heterocycles. The number of carboxylic acids is 1. The number of imide groups is 1. The fourth-order valence-corrected chi connectivity index (χ4v) is 1.88. The SMILES string of the molecule is O=C(O)CCCN1C(=O)c2cc(F)c(F)cc2C1=O. The summed E-state index contributed by atoms with van der Waals surface area (Å²) in [6.45, 7) is -0.0954. The van der Waals surface area contributed by atoms with Gasteiger partial charge in [-0.2, -0.15) is 0 Å². The predicted octanol–water partition coefficient (Wildman–Crippen LogP) is 1.43. The summed E-state index contributed by atoms with van der Waals surface area (Å²) in [5.41, 5.74) is -0.390. The minimum absolute atomic E-state index is 0.0891. The first-order valence-corrected chi connectivity index (χ1v) is 5.49. The number of halogens is 2. The van der Waals surface area contributed by atoms with Gasteiger partial charge in [-0.1, -0.05) is 0 Å². The van der Waals surface area contributed by atoms with Crippen molar-refractivity contribution in [3.8, 4) is 0 Å². The summed E-state index contributed by atoms with van der Waals surface area (Å²) in [5.74, 6) is -4.91. The van der Waals surface area contributed by atoms with Crippen LogP contribution >= 0.6 is 0 Å². The van der Waals surface area contributed by atoms with Crippen LogP contribution in [0.1, 0.15) is 33.6 Å². The molecule has 0 saturated carbocycles. The maximum atomic E-state index is 13.0. The van der Waals surface area contributed by atoms with Gasteiger partial charge in [-0.05, 0) is 18.6 Å². The number of carboxylic acid groups (broad SMARTS) is 1. The summed E-state index contributed by atoms with van der Waals surface area (Å²) in [6.07, 6.45) is -0.109. The maximum absolute atomic E-state index is 13.0. The van der Waals surface area contributed by atoms with E-state index in [1.165, 1.54) is 0 Å². The van der Waals surface area contributed by atoms with Crippen molar-refractivity contribution in [3.05, 3.63) is 34.9 Å². The van der Waals surface area contributed by atoms with Crippen LogP contribution in [0.3, 0.4) is 0 Å². The van der Waals surface area contributed by atoms with E-state index in [0.29, 0.717) is 12.1 Å². The third kappa shape index (κ3) is 2.31. The monoisotopic (exact) mass is 269 g/mol. The number of nitrogens with zero attached hydrogens (tertiary/aromatic N) is 1. The number of benzene rings is 1. The Labute approximate surface area is 106 Å². The highest BCUT2D eigenvalue weighted by molar-refractivity contribution is 6.21. The van der Waals surface area contributed by atoms with Crippen molar-refractivity contribution in [2.75, 3.05) is 6.54 Å². The second-order valence-corrected chi connectivity index (χ2v) is 4.07. The highest BCUT2D eigenvalue weighted by atomic mass is 19.2. The van der Waals surface area contributed by atoms with Crippen molar-refractivity contribution in [1.82, 2.24) is 4.90 Å². The van der Waals surface area contributed by atoms with Gasteiger partial charge >= 0.3 is 5.97 Å². The van der Waals surface area contributed by atoms with Crippen LogP contribution < -0.4 is 0 Å². The summed E-state index contributed by atoms with van der Waals surface area (Å²) >= 11 is 0. The minimum atomic E-state index is -1.20. The Morgan fingerprint density at radius 1 is 1.11 bits per heavy atom. The molecule has 1 aromatic rings. The average Bonchev–Trinajstić information content (AvgIpc) is 2.55. The zero-order chi connectivity index (χ0) is 14.2. The molecule has 0 unspecified atom stereocenters. The quantitative estimate of drug-likeness (QED) is 0.839. The summed E-state index contributed by atoms with van der Waals surface area (Å²) in [6, 6.07) is 1.37. The zero-order valence-corrected chi connectivity index (χ0v) is 9.65. The largest absolute Gasteiger partial charge is 0.481 e. The van der Waals surface area contributed by atoms with Crippen molar-refractivity contribution in [1.29, 1.82) is 0 Å². The Hall–Kier alpha value is -2.31. The van der Waals surface area contributed by atoms with Gasteiger partial charge in [0, 0.05) is 13.0 Å². The maximum Gasteiger partial charge on any atom is 0.303 e. The molecule has 0 spiro atoms. The molecule has 0 aliphatic carbocycles. The van der Waals surface area contributed by atoms with Crippen molar-refractivity contribution in [2.45, 2.75) is 12.8 Å². The van der Waals surface area contributed by atoms with Crippen LogP contribution in [0.25, 0.3) is 0 Å². The van der Waals surface area contributed by atoms with E-state index in [2.05, 4.69) is 0 Å². The second kappa shape index (κ2) is 4.75. The van der Waals surface area contributed by atoms with Gasteiger partial charge < -0.3 is 5.11 Å². The van der Waals surface area contributed by atoms with E-state index in [1.807, 2.05) is 0 Å². The number of fused-ring (bicyclic) bond motifs is 1. The molecule has 100 valence electrons. The molecule has 0 aromatic heterocycles. The van der Waals surface area contributed by atoms with Crippen LogP contribution in [0.2, 0.25) is 0 Å². The van der Waals surface area contributed by atoms with Crippen LogP contribution in [0, 0.1) is 11.6 Å². The van der Waals surface area contributed by atoms with Crippen LogP contribution in [-0.2, 0) is 4.79 Å². The number of amides is 2. The number of carbonyl (C=O) groups excluding carboxylic acids is 2. The van der Waals surface area contributed by atoms with E-state index in [1.54, 1.807) is 0 Å². The molecule has 7 heteroatoms. The first-order chi connectivity index (χ1) is 8.91. The molecular weight excluding hydrogens is 260 g/mol. The molecule has 0 bridgehead atoms. The van der Waals surface area contributed by atoms with Gasteiger partial charge in [0.25, 0.3) is 11.8 Å². The zero-order valence-electron chi connectivity index (χ0n) is 9.65. The normalized spacial score (nSPS) is 13.9. The second-order valence-electron chi connectivity index (χ2n) is 4.07. The minimum Gasteiger partial charge on any atom is -0.481 e. The molecule has 2 rings (SSSR count). The molecular formula is C12H9F2NO4. The topological polar surface area (TPSA) is 74.7 Å². The summed E-state index contributed by atoms with van der Waals surface area (Å²) in [4.78, 5) is 34.8. The van der Waals surface area contributed by atoms with E-state index >= 15 is 0 Å². The molecule has 1 aromatic carbocycles.